The number of methoxy groups -OCH3 is 4. The molecule has 0 atom stereocenters. The maximum Gasteiger partial charge on any atom is 0.204 e. The highest BCUT2D eigenvalue weighted by molar-refractivity contribution is 6.47. The Hall–Kier alpha value is -2.86. The molecule has 2 N–H and O–H groups in total. The zero-order chi connectivity index (χ0) is 19.3. The predicted octanol–water partition coefficient (Wildman–Crippen LogP) is 3.77. The van der Waals surface area contributed by atoms with E-state index < -0.39 is 0 Å². The lowest BCUT2D eigenvalue weighted by Crippen LogP contribution is -2.02. The van der Waals surface area contributed by atoms with Crippen LogP contribution in [0.15, 0.2) is 35.4 Å². The van der Waals surface area contributed by atoms with Gasteiger partial charge in [0.05, 0.1) is 39.2 Å². The Morgan fingerprint density at radius 1 is 0.923 bits per heavy atom. The number of hydrogen-bond donors (Lipinski definition) is 1. The number of rotatable bonds is 7. The highest BCUT2D eigenvalue weighted by atomic mass is 35.5. The first-order chi connectivity index (χ1) is 12.5. The van der Waals surface area contributed by atoms with Crippen LogP contribution in [0, 0.1) is 0 Å². The number of hydrogen-bond acceptors (Lipinski definition) is 6. The highest BCUT2D eigenvalue weighted by Gasteiger charge is 2.17. The summed E-state index contributed by atoms with van der Waals surface area (Å²) < 4.78 is 21.1. The van der Waals surface area contributed by atoms with Crippen LogP contribution in [-0.4, -0.2) is 34.2 Å². The number of allylic oxidation sites excluding steroid dienone is 1. The van der Waals surface area contributed by atoms with Crippen molar-refractivity contribution in [1.29, 1.82) is 0 Å². The second-order valence-electron chi connectivity index (χ2n) is 5.20. The van der Waals surface area contributed by atoms with Crippen LogP contribution >= 0.6 is 11.6 Å². The second-order valence-corrected chi connectivity index (χ2v) is 5.61. The van der Waals surface area contributed by atoms with Crippen molar-refractivity contribution in [3.8, 4) is 23.0 Å². The molecule has 0 aliphatic carbocycles. The lowest BCUT2D eigenvalue weighted by molar-refractivity contribution is 0.104. The van der Waals surface area contributed by atoms with Gasteiger partial charge in [-0.1, -0.05) is 11.6 Å². The van der Waals surface area contributed by atoms with Gasteiger partial charge in [-0.05, 0) is 36.4 Å². The maximum atomic E-state index is 12.6. The fourth-order valence-electron chi connectivity index (χ4n) is 2.43. The van der Waals surface area contributed by atoms with Crippen molar-refractivity contribution < 1.29 is 23.7 Å². The van der Waals surface area contributed by atoms with E-state index in [-0.39, 0.29) is 10.8 Å². The minimum absolute atomic E-state index is 0.00217. The monoisotopic (exact) mass is 377 g/mol. The van der Waals surface area contributed by atoms with Crippen LogP contribution in [0.4, 0.5) is 5.69 Å². The first-order valence-electron chi connectivity index (χ1n) is 7.61. The molecule has 0 saturated carbocycles. The average Bonchev–Trinajstić information content (AvgIpc) is 2.67. The summed E-state index contributed by atoms with van der Waals surface area (Å²) in [5, 5.41) is 0.00217. The van der Waals surface area contributed by atoms with Crippen LogP contribution in [0.25, 0.3) is 6.08 Å². The third-order valence-corrected chi connectivity index (χ3v) is 4.01. The van der Waals surface area contributed by atoms with Gasteiger partial charge in [0.15, 0.2) is 11.5 Å². The van der Waals surface area contributed by atoms with Crippen LogP contribution in [0.1, 0.15) is 15.9 Å². The zero-order valence-corrected chi connectivity index (χ0v) is 15.7. The number of nitrogen functional groups attached to an aromatic ring is 1. The molecule has 7 heteroatoms. The number of ether oxygens (including phenoxy) is 4. The van der Waals surface area contributed by atoms with Gasteiger partial charge >= 0.3 is 0 Å². The van der Waals surface area contributed by atoms with Gasteiger partial charge in [0.25, 0.3) is 0 Å². The minimum Gasteiger partial charge on any atom is -0.495 e. The van der Waals surface area contributed by atoms with Crippen LogP contribution in [0.5, 0.6) is 23.0 Å². The van der Waals surface area contributed by atoms with Crippen molar-refractivity contribution in [1.82, 2.24) is 0 Å². The van der Waals surface area contributed by atoms with Gasteiger partial charge in [-0.15, -0.1) is 0 Å². The van der Waals surface area contributed by atoms with E-state index in [1.807, 2.05) is 0 Å². The van der Waals surface area contributed by atoms with Crippen molar-refractivity contribution in [3.05, 3.63) is 46.5 Å². The Morgan fingerprint density at radius 2 is 1.58 bits per heavy atom. The molecule has 0 amide bonds. The first kappa shape index (κ1) is 19.5. The van der Waals surface area contributed by atoms with Crippen LogP contribution in [0.3, 0.4) is 0 Å². The average molecular weight is 378 g/mol. The molecule has 138 valence electrons. The first-order valence-corrected chi connectivity index (χ1v) is 7.99. The number of carbonyl (C=O) groups excluding carboxylic acids is 1. The Bertz CT molecular complexity index is 848. The molecule has 2 rings (SSSR count). The fraction of sp³-hybridized carbons (Fsp3) is 0.211. The van der Waals surface area contributed by atoms with Crippen molar-refractivity contribution in [2.75, 3.05) is 34.2 Å². The molecule has 0 aromatic heterocycles. The van der Waals surface area contributed by atoms with Gasteiger partial charge in [-0.2, -0.15) is 0 Å². The maximum absolute atomic E-state index is 12.6. The largest absolute Gasteiger partial charge is 0.495 e. The molecular formula is C19H20ClNO5. The summed E-state index contributed by atoms with van der Waals surface area (Å²) in [4.78, 5) is 12.6. The van der Waals surface area contributed by atoms with Crippen molar-refractivity contribution in [2.45, 2.75) is 0 Å². The number of halogens is 1. The van der Waals surface area contributed by atoms with E-state index in [4.69, 9.17) is 36.3 Å². The number of ketones is 1. The van der Waals surface area contributed by atoms with Crippen molar-refractivity contribution in [2.24, 2.45) is 0 Å². The molecule has 0 radical (unpaired) electrons. The Labute approximate surface area is 157 Å². The second kappa shape index (κ2) is 8.49. The van der Waals surface area contributed by atoms with E-state index in [0.717, 1.165) is 0 Å². The van der Waals surface area contributed by atoms with Gasteiger partial charge in [-0.25, -0.2) is 0 Å². The number of Topliss-reactive ketones (excluding diaryl/α,β-unsaturated/α-hetero) is 1. The molecule has 2 aromatic rings. The highest BCUT2D eigenvalue weighted by Crippen LogP contribution is 2.41. The molecule has 0 saturated heterocycles. The van der Waals surface area contributed by atoms with Crippen LogP contribution in [0.2, 0.25) is 0 Å². The van der Waals surface area contributed by atoms with E-state index in [1.54, 1.807) is 30.3 Å². The molecule has 0 aliphatic rings. The summed E-state index contributed by atoms with van der Waals surface area (Å²) in [5.74, 6) is 1.36. The number of anilines is 1. The van der Waals surface area contributed by atoms with E-state index in [1.165, 1.54) is 34.5 Å². The van der Waals surface area contributed by atoms with Crippen molar-refractivity contribution in [3.63, 3.8) is 0 Å². The summed E-state index contributed by atoms with van der Waals surface area (Å²) in [6.07, 6.45) is 1.51. The topological polar surface area (TPSA) is 80.0 Å². The van der Waals surface area contributed by atoms with Gasteiger partial charge in [-0.3, -0.25) is 4.79 Å². The summed E-state index contributed by atoms with van der Waals surface area (Å²) in [6, 6.07) is 8.14. The molecular weight excluding hydrogens is 358 g/mol. The van der Waals surface area contributed by atoms with Crippen molar-refractivity contribution >= 4 is 29.1 Å². The number of nitrogens with two attached hydrogens (primary N) is 1. The third-order valence-electron chi connectivity index (χ3n) is 3.73. The molecule has 0 unspecified atom stereocenters. The van der Waals surface area contributed by atoms with Gasteiger partial charge in [0, 0.05) is 11.1 Å². The minimum atomic E-state index is -0.373. The normalized spacial score (nSPS) is 11.0. The molecule has 0 bridgehead atoms. The lowest BCUT2D eigenvalue weighted by Gasteiger charge is -2.14. The Balaban J connectivity index is 2.44. The van der Waals surface area contributed by atoms with Crippen LogP contribution < -0.4 is 24.7 Å². The fourth-order valence-corrected chi connectivity index (χ4v) is 2.66. The third kappa shape index (κ3) is 3.86. The van der Waals surface area contributed by atoms with E-state index >= 15 is 0 Å². The molecule has 6 nitrogen and oxygen atoms in total. The van der Waals surface area contributed by atoms with Gasteiger partial charge in [0.2, 0.25) is 11.5 Å². The molecule has 2 aromatic carbocycles. The quantitative estimate of drug-likeness (QED) is 0.449. The van der Waals surface area contributed by atoms with Gasteiger partial charge < -0.3 is 24.7 Å². The van der Waals surface area contributed by atoms with Crippen LogP contribution in [-0.2, 0) is 0 Å². The summed E-state index contributed by atoms with van der Waals surface area (Å²) in [7, 11) is 6.00. The Morgan fingerprint density at radius 3 is 2.15 bits per heavy atom. The molecule has 0 aliphatic heterocycles. The van der Waals surface area contributed by atoms with Gasteiger partial charge in [0.1, 0.15) is 5.75 Å². The number of carbonyl (C=O) groups is 1. The van der Waals surface area contributed by atoms with E-state index in [9.17, 15) is 4.79 Å². The molecule has 0 fully saturated rings. The standard InChI is InChI=1S/C19H20ClNO5/c1-23-15-8-6-12(18(25-3)19(15)26-4)9-13(20)17(22)11-5-7-14(21)16(10-11)24-2/h5-10H,21H2,1-4H3. The SMILES string of the molecule is COc1cc(C(=O)C(Cl)=Cc2ccc(OC)c(OC)c2OC)ccc1N. The zero-order valence-electron chi connectivity index (χ0n) is 15.0. The summed E-state index contributed by atoms with van der Waals surface area (Å²) in [5.41, 5.74) is 7.14. The molecule has 0 spiro atoms. The molecule has 0 heterocycles. The van der Waals surface area contributed by atoms with E-state index in [2.05, 4.69) is 0 Å². The predicted molar refractivity (Wildman–Crippen MR) is 102 cm³/mol. The summed E-state index contributed by atoms with van der Waals surface area (Å²) >= 11 is 6.25. The molecule has 26 heavy (non-hydrogen) atoms. The summed E-state index contributed by atoms with van der Waals surface area (Å²) in [6.45, 7) is 0. The lowest BCUT2D eigenvalue weighted by atomic mass is 10.1. The van der Waals surface area contributed by atoms with E-state index in [0.29, 0.717) is 39.8 Å². The smallest absolute Gasteiger partial charge is 0.204 e. The number of benzene rings is 2. The Kier molecular flexibility index (Phi) is 6.36.